The summed E-state index contributed by atoms with van der Waals surface area (Å²) in [6.45, 7) is 4.19. The van der Waals surface area contributed by atoms with Gasteiger partial charge in [0.1, 0.15) is 16.8 Å². The van der Waals surface area contributed by atoms with Gasteiger partial charge in [-0.25, -0.2) is 18.1 Å². The van der Waals surface area contributed by atoms with Crippen molar-refractivity contribution in [2.45, 2.75) is 24.8 Å². The van der Waals surface area contributed by atoms with E-state index in [1.807, 2.05) is 18.6 Å². The van der Waals surface area contributed by atoms with Crippen LogP contribution in [0.5, 0.6) is 0 Å². The Bertz CT molecular complexity index is 787. The van der Waals surface area contributed by atoms with E-state index in [1.165, 1.54) is 41.0 Å². The summed E-state index contributed by atoms with van der Waals surface area (Å²) in [5, 5.41) is 2.52. The van der Waals surface area contributed by atoms with Crippen LogP contribution in [0.25, 0.3) is 0 Å². The van der Waals surface area contributed by atoms with Gasteiger partial charge in [0.15, 0.2) is 0 Å². The van der Waals surface area contributed by atoms with Crippen molar-refractivity contribution >= 4 is 38.9 Å². The van der Waals surface area contributed by atoms with E-state index in [-0.39, 0.29) is 16.7 Å². The zero-order valence-electron chi connectivity index (χ0n) is 12.4. The molecule has 0 bridgehead atoms. The van der Waals surface area contributed by atoms with Gasteiger partial charge in [0.05, 0.1) is 4.90 Å². The maximum Gasteiger partial charge on any atom is 0.284 e. The minimum Gasteiger partial charge on any atom is -0.372 e. The highest BCUT2D eigenvalue weighted by Crippen LogP contribution is 2.21. The lowest BCUT2D eigenvalue weighted by Crippen LogP contribution is -2.30. The first-order valence-electron chi connectivity index (χ1n) is 6.73. The zero-order valence-corrected chi connectivity index (χ0v) is 14.8. The molecule has 2 aromatic rings. The molecule has 0 aliphatic carbocycles. The number of halogens is 1. The van der Waals surface area contributed by atoms with Crippen molar-refractivity contribution in [1.29, 1.82) is 0 Å². The summed E-state index contributed by atoms with van der Waals surface area (Å²) < 4.78 is 31.7. The summed E-state index contributed by atoms with van der Waals surface area (Å²) in [5.74, 6) is -0.786. The molecule has 1 amide bonds. The monoisotopic (exact) mass is 374 g/mol. The van der Waals surface area contributed by atoms with E-state index in [0.29, 0.717) is 16.6 Å². The van der Waals surface area contributed by atoms with Crippen LogP contribution < -0.4 is 4.72 Å². The summed E-state index contributed by atoms with van der Waals surface area (Å²) in [4.78, 5) is 16.2. The number of aromatic nitrogens is 1. The lowest BCUT2D eigenvalue weighted by molar-refractivity contribution is 0.0760. The number of nitrogens with zero attached hydrogens (tertiary/aromatic N) is 1. The fourth-order valence-electron chi connectivity index (χ4n) is 1.75. The average Bonchev–Trinajstić information content (AvgIpc) is 2.97. The highest BCUT2D eigenvalue weighted by molar-refractivity contribution is 7.90. The van der Waals surface area contributed by atoms with E-state index < -0.39 is 15.9 Å². The van der Waals surface area contributed by atoms with Gasteiger partial charge in [-0.3, -0.25) is 4.79 Å². The summed E-state index contributed by atoms with van der Waals surface area (Å²) in [5.41, 5.74) is 0.0362. The van der Waals surface area contributed by atoms with Gasteiger partial charge < -0.3 is 4.74 Å². The number of benzene rings is 1. The first kappa shape index (κ1) is 17.9. The molecule has 1 aromatic heterocycles. The zero-order chi connectivity index (χ0) is 17.0. The van der Waals surface area contributed by atoms with Crippen LogP contribution in [0.2, 0.25) is 5.02 Å². The standard InChI is InChI=1S/C14H15ClN2O4S2/c1-3-21-9(2)14-16-12(8-22-14)13(18)17-23(19,20)11-6-4-10(15)5-7-11/h4-9H,3H2,1-2H3,(H,17,18)/t9-/m0/s1. The number of hydrogen-bond donors (Lipinski definition) is 1. The number of nitrogens with one attached hydrogen (secondary N) is 1. The van der Waals surface area contributed by atoms with Crippen molar-refractivity contribution in [2.24, 2.45) is 0 Å². The first-order chi connectivity index (χ1) is 10.8. The Morgan fingerprint density at radius 2 is 2.04 bits per heavy atom. The quantitative estimate of drug-likeness (QED) is 0.839. The molecule has 1 aromatic carbocycles. The van der Waals surface area contributed by atoms with Crippen molar-refractivity contribution in [1.82, 2.24) is 9.71 Å². The van der Waals surface area contributed by atoms with Crippen LogP contribution in [-0.4, -0.2) is 25.9 Å². The summed E-state index contributed by atoms with van der Waals surface area (Å²) in [7, 11) is -3.97. The van der Waals surface area contributed by atoms with E-state index >= 15 is 0 Å². The molecule has 0 aliphatic heterocycles. The second kappa shape index (κ2) is 7.39. The van der Waals surface area contributed by atoms with Crippen LogP contribution in [0.1, 0.15) is 35.4 Å². The molecule has 1 atom stereocenters. The lowest BCUT2D eigenvalue weighted by atomic mass is 10.4. The minimum atomic E-state index is -3.97. The van der Waals surface area contributed by atoms with E-state index in [2.05, 4.69) is 4.98 Å². The Labute approximate surface area is 143 Å². The molecule has 0 spiro atoms. The highest BCUT2D eigenvalue weighted by Gasteiger charge is 2.21. The van der Waals surface area contributed by atoms with E-state index in [1.54, 1.807) is 0 Å². The molecular formula is C14H15ClN2O4S2. The topological polar surface area (TPSA) is 85.4 Å². The average molecular weight is 375 g/mol. The van der Waals surface area contributed by atoms with Crippen LogP contribution >= 0.6 is 22.9 Å². The molecule has 9 heteroatoms. The Morgan fingerprint density at radius 3 is 2.65 bits per heavy atom. The maximum atomic E-state index is 12.1. The highest BCUT2D eigenvalue weighted by atomic mass is 35.5. The molecule has 6 nitrogen and oxygen atoms in total. The van der Waals surface area contributed by atoms with Gasteiger partial charge in [0.25, 0.3) is 15.9 Å². The molecule has 0 saturated heterocycles. The molecule has 1 heterocycles. The van der Waals surface area contributed by atoms with Crippen molar-refractivity contribution in [3.8, 4) is 0 Å². The molecule has 2 rings (SSSR count). The number of ether oxygens (including phenoxy) is 1. The number of hydrogen-bond acceptors (Lipinski definition) is 6. The molecule has 1 N–H and O–H groups in total. The van der Waals surface area contributed by atoms with Gasteiger partial charge in [-0.1, -0.05) is 11.6 Å². The number of sulfonamides is 1. The number of rotatable bonds is 6. The number of carbonyl (C=O) groups excluding carboxylic acids is 1. The maximum absolute atomic E-state index is 12.1. The molecule has 0 fully saturated rings. The molecule has 0 aliphatic rings. The van der Waals surface area contributed by atoms with Crippen molar-refractivity contribution in [3.63, 3.8) is 0 Å². The smallest absolute Gasteiger partial charge is 0.284 e. The number of amides is 1. The Balaban J connectivity index is 2.14. The number of thiazole rings is 1. The Morgan fingerprint density at radius 1 is 1.39 bits per heavy atom. The summed E-state index contributed by atoms with van der Waals surface area (Å²) in [6, 6.07) is 5.51. The van der Waals surface area contributed by atoms with Gasteiger partial charge in [0, 0.05) is 17.0 Å². The fourth-order valence-corrected chi connectivity index (χ4v) is 3.64. The van der Waals surface area contributed by atoms with E-state index in [9.17, 15) is 13.2 Å². The summed E-state index contributed by atoms with van der Waals surface area (Å²) >= 11 is 6.96. The van der Waals surface area contributed by atoms with Gasteiger partial charge >= 0.3 is 0 Å². The largest absolute Gasteiger partial charge is 0.372 e. The van der Waals surface area contributed by atoms with Gasteiger partial charge in [-0.05, 0) is 38.1 Å². The normalized spacial score (nSPS) is 12.8. The van der Waals surface area contributed by atoms with Crippen molar-refractivity contribution in [2.75, 3.05) is 6.61 Å². The third-order valence-electron chi connectivity index (χ3n) is 2.87. The minimum absolute atomic E-state index is 0.0362. The SMILES string of the molecule is CCO[C@@H](C)c1nc(C(=O)NS(=O)(=O)c2ccc(Cl)cc2)cs1. The molecule has 124 valence electrons. The lowest BCUT2D eigenvalue weighted by Gasteiger charge is -2.07. The van der Waals surface area contributed by atoms with Crippen molar-refractivity contribution < 1.29 is 17.9 Å². The van der Waals surface area contributed by atoms with Crippen LogP contribution in [0, 0.1) is 0 Å². The molecular weight excluding hydrogens is 360 g/mol. The number of carbonyl (C=O) groups is 1. The third-order valence-corrected chi connectivity index (χ3v) is 5.47. The second-order valence-electron chi connectivity index (χ2n) is 4.56. The Hall–Kier alpha value is -1.48. The van der Waals surface area contributed by atoms with Gasteiger partial charge in [0.2, 0.25) is 0 Å². The molecule has 23 heavy (non-hydrogen) atoms. The predicted octanol–water partition coefficient (Wildman–Crippen LogP) is 3.01. The molecule has 0 saturated carbocycles. The van der Waals surface area contributed by atoms with E-state index in [4.69, 9.17) is 16.3 Å². The predicted molar refractivity (Wildman–Crippen MR) is 88.3 cm³/mol. The second-order valence-corrected chi connectivity index (χ2v) is 7.57. The molecule has 0 radical (unpaired) electrons. The summed E-state index contributed by atoms with van der Waals surface area (Å²) in [6.07, 6.45) is -0.251. The third kappa shape index (κ3) is 4.51. The van der Waals surface area contributed by atoms with Crippen LogP contribution in [0.15, 0.2) is 34.5 Å². The van der Waals surface area contributed by atoms with Crippen LogP contribution in [0.4, 0.5) is 0 Å². The van der Waals surface area contributed by atoms with E-state index in [0.717, 1.165) is 0 Å². The van der Waals surface area contributed by atoms with Crippen LogP contribution in [-0.2, 0) is 14.8 Å². The molecule has 0 unspecified atom stereocenters. The van der Waals surface area contributed by atoms with Crippen molar-refractivity contribution in [3.05, 3.63) is 45.4 Å². The van der Waals surface area contributed by atoms with Crippen LogP contribution in [0.3, 0.4) is 0 Å². The Kier molecular flexibility index (Phi) is 5.74. The van der Waals surface area contributed by atoms with Gasteiger partial charge in [-0.15, -0.1) is 11.3 Å². The first-order valence-corrected chi connectivity index (χ1v) is 9.47. The fraction of sp³-hybridized carbons (Fsp3) is 0.286. The van der Waals surface area contributed by atoms with Gasteiger partial charge in [-0.2, -0.15) is 0 Å².